The molecule has 0 atom stereocenters. The summed E-state index contributed by atoms with van der Waals surface area (Å²) < 4.78 is 36.4. The van der Waals surface area contributed by atoms with E-state index in [0.29, 0.717) is 0 Å². The van der Waals surface area contributed by atoms with Gasteiger partial charge in [0.05, 0.1) is 6.07 Å². The van der Waals surface area contributed by atoms with Gasteiger partial charge in [-0.1, -0.05) is 0 Å². The Labute approximate surface area is 99.8 Å². The molecule has 0 aliphatic rings. The van der Waals surface area contributed by atoms with E-state index in [0.717, 1.165) is 10.6 Å². The quantitative estimate of drug-likeness (QED) is 0.476. The molecule has 0 aliphatic carbocycles. The van der Waals surface area contributed by atoms with Crippen LogP contribution in [-0.2, 0) is 17.2 Å². The zero-order chi connectivity index (χ0) is 13.5. The maximum Gasteiger partial charge on any atom is 0.433 e. The minimum Gasteiger partial charge on any atom is -0.397 e. The van der Waals surface area contributed by atoms with Crippen molar-refractivity contribution in [3.63, 3.8) is 0 Å². The SMILES string of the molecule is Cn1c(-c2ccc([N+](=O)[O-])o2)nnc1S(=O)(=O)O. The molecule has 18 heavy (non-hydrogen) atoms. The molecule has 0 saturated carbocycles. The molecule has 0 unspecified atom stereocenters. The van der Waals surface area contributed by atoms with E-state index in [1.165, 1.54) is 13.1 Å². The second kappa shape index (κ2) is 3.89. The van der Waals surface area contributed by atoms with Crippen LogP contribution in [0.4, 0.5) is 5.88 Å². The van der Waals surface area contributed by atoms with Gasteiger partial charge in [-0.15, -0.1) is 10.2 Å². The second-order valence-electron chi connectivity index (χ2n) is 3.24. The highest BCUT2D eigenvalue weighted by Gasteiger charge is 2.23. The molecule has 0 spiro atoms. The first kappa shape index (κ1) is 12.2. The fraction of sp³-hybridized carbons (Fsp3) is 0.143. The Bertz CT molecular complexity index is 714. The van der Waals surface area contributed by atoms with Crippen LogP contribution >= 0.6 is 0 Å². The summed E-state index contributed by atoms with van der Waals surface area (Å²) >= 11 is 0. The second-order valence-corrected chi connectivity index (χ2v) is 4.55. The van der Waals surface area contributed by atoms with Crippen molar-refractivity contribution in [3.05, 3.63) is 22.2 Å². The van der Waals surface area contributed by atoms with Crippen LogP contribution in [-0.4, -0.2) is 32.7 Å². The molecule has 0 radical (unpaired) electrons. The van der Waals surface area contributed by atoms with E-state index in [9.17, 15) is 18.5 Å². The minimum atomic E-state index is -4.52. The Morgan fingerprint density at radius 3 is 2.56 bits per heavy atom. The highest BCUT2D eigenvalue weighted by molar-refractivity contribution is 7.85. The van der Waals surface area contributed by atoms with Crippen molar-refractivity contribution in [1.29, 1.82) is 0 Å². The fourth-order valence-corrected chi connectivity index (χ4v) is 1.88. The number of nitrogens with zero attached hydrogens (tertiary/aromatic N) is 4. The van der Waals surface area contributed by atoms with Gasteiger partial charge in [0.15, 0.2) is 5.76 Å². The summed E-state index contributed by atoms with van der Waals surface area (Å²) in [5, 5.41) is 16.5. The van der Waals surface area contributed by atoms with E-state index in [2.05, 4.69) is 10.2 Å². The molecule has 0 fully saturated rings. The van der Waals surface area contributed by atoms with Gasteiger partial charge in [-0.25, -0.2) is 0 Å². The predicted octanol–water partition coefficient (Wildman–Crippen LogP) is 0.230. The lowest BCUT2D eigenvalue weighted by molar-refractivity contribution is -0.401. The van der Waals surface area contributed by atoms with E-state index >= 15 is 0 Å². The molecule has 10 nitrogen and oxygen atoms in total. The molecule has 0 aromatic carbocycles. The minimum absolute atomic E-state index is 0.0356. The van der Waals surface area contributed by atoms with Gasteiger partial charge in [-0.3, -0.25) is 19.2 Å². The molecule has 1 N–H and O–H groups in total. The van der Waals surface area contributed by atoms with Gasteiger partial charge < -0.3 is 4.42 Å². The van der Waals surface area contributed by atoms with E-state index in [1.54, 1.807) is 0 Å². The zero-order valence-corrected chi connectivity index (χ0v) is 9.66. The van der Waals surface area contributed by atoms with E-state index in [1.807, 2.05) is 0 Å². The molecule has 96 valence electrons. The zero-order valence-electron chi connectivity index (χ0n) is 8.84. The van der Waals surface area contributed by atoms with Crippen LogP contribution in [0.2, 0.25) is 0 Å². The molecular formula is C7H6N4O6S. The first-order valence-corrected chi connectivity index (χ1v) is 5.86. The molecule has 0 saturated heterocycles. The molecule has 2 aromatic rings. The van der Waals surface area contributed by atoms with Crippen LogP contribution < -0.4 is 0 Å². The highest BCUT2D eigenvalue weighted by atomic mass is 32.2. The van der Waals surface area contributed by atoms with Crippen LogP contribution in [0.3, 0.4) is 0 Å². The monoisotopic (exact) mass is 274 g/mol. The van der Waals surface area contributed by atoms with Gasteiger partial charge in [-0.2, -0.15) is 8.42 Å². The van der Waals surface area contributed by atoms with Crippen molar-refractivity contribution in [2.45, 2.75) is 5.16 Å². The Morgan fingerprint density at radius 1 is 1.44 bits per heavy atom. The number of nitro groups is 1. The lowest BCUT2D eigenvalue weighted by atomic mass is 10.4. The molecule has 2 heterocycles. The maximum absolute atomic E-state index is 10.9. The summed E-state index contributed by atoms with van der Waals surface area (Å²) in [5.41, 5.74) is 0. The summed E-state index contributed by atoms with van der Waals surface area (Å²) in [6.07, 6.45) is 0. The summed E-state index contributed by atoms with van der Waals surface area (Å²) in [6, 6.07) is 2.34. The van der Waals surface area contributed by atoms with E-state index in [4.69, 9.17) is 8.97 Å². The van der Waals surface area contributed by atoms with Gasteiger partial charge in [0.25, 0.3) is 5.16 Å². The predicted molar refractivity (Wildman–Crippen MR) is 55.2 cm³/mol. The summed E-state index contributed by atoms with van der Waals surface area (Å²) in [7, 11) is -3.25. The molecule has 2 rings (SSSR count). The van der Waals surface area contributed by atoms with Gasteiger partial charge in [0.1, 0.15) is 4.92 Å². The molecule has 0 aliphatic heterocycles. The van der Waals surface area contributed by atoms with Crippen LogP contribution in [0.15, 0.2) is 21.7 Å². The van der Waals surface area contributed by atoms with Crippen molar-refractivity contribution >= 4 is 16.0 Å². The number of hydrogen-bond acceptors (Lipinski definition) is 7. The van der Waals surface area contributed by atoms with Gasteiger partial charge in [-0.05, 0) is 6.07 Å². The molecule has 11 heteroatoms. The molecular weight excluding hydrogens is 268 g/mol. The van der Waals surface area contributed by atoms with Gasteiger partial charge in [0.2, 0.25) is 5.82 Å². The Morgan fingerprint density at radius 2 is 2.11 bits per heavy atom. The van der Waals surface area contributed by atoms with Crippen molar-refractivity contribution in [2.24, 2.45) is 7.05 Å². The summed E-state index contributed by atoms with van der Waals surface area (Å²) in [6.45, 7) is 0. The lowest BCUT2D eigenvalue weighted by Crippen LogP contribution is -2.07. The van der Waals surface area contributed by atoms with E-state index in [-0.39, 0.29) is 11.6 Å². The van der Waals surface area contributed by atoms with Crippen LogP contribution in [0.25, 0.3) is 11.6 Å². The van der Waals surface area contributed by atoms with Crippen LogP contribution in [0, 0.1) is 10.1 Å². The Hall–Kier alpha value is -2.27. The maximum atomic E-state index is 10.9. The Balaban J connectivity index is 2.52. The Kier molecular flexibility index (Phi) is 2.63. The number of aromatic nitrogens is 3. The smallest absolute Gasteiger partial charge is 0.397 e. The summed E-state index contributed by atoms with van der Waals surface area (Å²) in [5.74, 6) is -0.608. The summed E-state index contributed by atoms with van der Waals surface area (Å²) in [4.78, 5) is 9.68. The van der Waals surface area contributed by atoms with Crippen molar-refractivity contribution in [1.82, 2.24) is 14.8 Å². The highest BCUT2D eigenvalue weighted by Crippen LogP contribution is 2.25. The normalized spacial score (nSPS) is 11.7. The third kappa shape index (κ3) is 1.96. The number of furan rings is 1. The topological polar surface area (TPSA) is 141 Å². The molecule has 0 bridgehead atoms. The van der Waals surface area contributed by atoms with Crippen molar-refractivity contribution < 1.29 is 22.3 Å². The van der Waals surface area contributed by atoms with Crippen molar-refractivity contribution in [2.75, 3.05) is 0 Å². The third-order valence-corrected chi connectivity index (χ3v) is 2.87. The average molecular weight is 274 g/mol. The fourth-order valence-electron chi connectivity index (χ4n) is 1.30. The van der Waals surface area contributed by atoms with Crippen molar-refractivity contribution in [3.8, 4) is 11.6 Å². The third-order valence-electron chi connectivity index (χ3n) is 2.06. The first-order chi connectivity index (χ1) is 8.30. The number of hydrogen-bond donors (Lipinski definition) is 1. The molecule has 2 aromatic heterocycles. The standard InChI is InChI=1S/C7H6N4O6S/c1-10-6(8-9-7(10)18(14,15)16)4-2-3-5(17-4)11(12)13/h2-3H,1H3,(H,14,15,16). The molecule has 0 amide bonds. The lowest BCUT2D eigenvalue weighted by Gasteiger charge is -1.98. The number of rotatable bonds is 3. The van der Waals surface area contributed by atoms with Crippen LogP contribution in [0.5, 0.6) is 0 Å². The van der Waals surface area contributed by atoms with Crippen LogP contribution in [0.1, 0.15) is 0 Å². The average Bonchev–Trinajstić information content (AvgIpc) is 2.81. The van der Waals surface area contributed by atoms with Gasteiger partial charge in [0, 0.05) is 7.05 Å². The van der Waals surface area contributed by atoms with E-state index < -0.39 is 26.1 Å². The largest absolute Gasteiger partial charge is 0.433 e. The first-order valence-electron chi connectivity index (χ1n) is 4.42. The van der Waals surface area contributed by atoms with Gasteiger partial charge >= 0.3 is 16.0 Å².